The van der Waals surface area contributed by atoms with Crippen molar-refractivity contribution < 1.29 is 24.5 Å². The van der Waals surface area contributed by atoms with E-state index in [4.69, 9.17) is 0 Å². The molecule has 0 radical (unpaired) electrons. The van der Waals surface area contributed by atoms with Gasteiger partial charge in [0.25, 0.3) is 0 Å². The maximum Gasteiger partial charge on any atom is 0.305 e. The number of esters is 1. The minimum Gasteiger partial charge on any atom is -0.469 e. The SMILES string of the molecule is CCCC[C@@](C)(O)C/C=C/[C@@H]1[C@H](CCCCCCC(=O)OC)C(=O)C[C@@H]1O. The van der Waals surface area contributed by atoms with Crippen LogP contribution in [0.3, 0.4) is 0 Å². The highest BCUT2D eigenvalue weighted by atomic mass is 16.5. The molecule has 0 aromatic heterocycles. The smallest absolute Gasteiger partial charge is 0.305 e. The van der Waals surface area contributed by atoms with Gasteiger partial charge in [0.1, 0.15) is 5.78 Å². The van der Waals surface area contributed by atoms with Gasteiger partial charge < -0.3 is 14.9 Å². The summed E-state index contributed by atoms with van der Waals surface area (Å²) in [4.78, 5) is 23.3. The van der Waals surface area contributed by atoms with E-state index in [1.54, 1.807) is 0 Å². The number of hydrogen-bond acceptors (Lipinski definition) is 5. The minimum absolute atomic E-state index is 0.127. The second-order valence-electron chi connectivity index (χ2n) is 8.18. The molecular formula is C22H38O5. The van der Waals surface area contributed by atoms with Gasteiger partial charge in [0.15, 0.2) is 0 Å². The molecule has 0 aliphatic heterocycles. The highest BCUT2D eigenvalue weighted by Gasteiger charge is 2.39. The molecule has 1 fully saturated rings. The fourth-order valence-corrected chi connectivity index (χ4v) is 3.82. The number of ketones is 1. The lowest BCUT2D eigenvalue weighted by atomic mass is 9.87. The van der Waals surface area contributed by atoms with Crippen molar-refractivity contribution in [2.75, 3.05) is 7.11 Å². The molecule has 1 saturated carbocycles. The van der Waals surface area contributed by atoms with Crippen molar-refractivity contribution in [3.8, 4) is 0 Å². The zero-order chi connectivity index (χ0) is 20.3. The molecule has 1 rings (SSSR count). The van der Waals surface area contributed by atoms with Crippen LogP contribution in [0.15, 0.2) is 12.2 Å². The summed E-state index contributed by atoms with van der Waals surface area (Å²) in [5.41, 5.74) is -0.727. The summed E-state index contributed by atoms with van der Waals surface area (Å²) in [5.74, 6) is -0.305. The van der Waals surface area contributed by atoms with Crippen LogP contribution in [0.5, 0.6) is 0 Å². The Balaban J connectivity index is 2.42. The predicted octanol–water partition coefficient (Wildman–Crippen LogP) is 3.95. The number of Topliss-reactive ketones (excluding diaryl/α,β-unsaturated/α-hetero) is 1. The van der Waals surface area contributed by atoms with Gasteiger partial charge in [0.2, 0.25) is 0 Å². The quantitative estimate of drug-likeness (QED) is 0.286. The van der Waals surface area contributed by atoms with Crippen LogP contribution >= 0.6 is 0 Å². The van der Waals surface area contributed by atoms with E-state index < -0.39 is 11.7 Å². The minimum atomic E-state index is -0.727. The van der Waals surface area contributed by atoms with Gasteiger partial charge in [0, 0.05) is 24.7 Å². The molecule has 2 N–H and O–H groups in total. The molecule has 1 aliphatic carbocycles. The van der Waals surface area contributed by atoms with Crippen LogP contribution in [0.4, 0.5) is 0 Å². The van der Waals surface area contributed by atoms with E-state index in [1.165, 1.54) is 7.11 Å². The Morgan fingerprint density at radius 2 is 1.96 bits per heavy atom. The summed E-state index contributed by atoms with van der Waals surface area (Å²) in [6, 6.07) is 0. The molecule has 0 aromatic carbocycles. The number of carbonyl (C=O) groups excluding carboxylic acids is 2. The van der Waals surface area contributed by atoms with Gasteiger partial charge in [-0.05, 0) is 32.6 Å². The Hall–Kier alpha value is -1.20. The first-order valence-corrected chi connectivity index (χ1v) is 10.5. The first-order chi connectivity index (χ1) is 12.8. The molecule has 0 bridgehead atoms. The molecule has 5 heteroatoms. The van der Waals surface area contributed by atoms with E-state index in [9.17, 15) is 19.8 Å². The van der Waals surface area contributed by atoms with Gasteiger partial charge in [-0.1, -0.05) is 51.2 Å². The third kappa shape index (κ3) is 9.02. The summed E-state index contributed by atoms with van der Waals surface area (Å²) in [5, 5.41) is 20.6. The van der Waals surface area contributed by atoms with Crippen molar-refractivity contribution in [2.45, 2.75) is 96.2 Å². The molecule has 4 atom stereocenters. The van der Waals surface area contributed by atoms with Crippen molar-refractivity contribution in [3.05, 3.63) is 12.2 Å². The topological polar surface area (TPSA) is 83.8 Å². The number of carbonyl (C=O) groups is 2. The van der Waals surface area contributed by atoms with Crippen LogP contribution in [0.1, 0.15) is 84.5 Å². The molecule has 1 aliphatic rings. The standard InChI is InChI=1S/C22H38O5/c1-4-5-14-22(2,26)15-10-12-18-17(19(23)16-20(18)24)11-8-6-7-9-13-21(25)27-3/h10,12,17-18,20,24,26H,4-9,11,13-16H2,1-3H3/b12-10+/t17-,18+,20-,22+/m0/s1. The van der Waals surface area contributed by atoms with E-state index >= 15 is 0 Å². The van der Waals surface area contributed by atoms with Crippen molar-refractivity contribution in [2.24, 2.45) is 11.8 Å². The number of hydrogen-bond donors (Lipinski definition) is 2. The Labute approximate surface area is 164 Å². The highest BCUT2D eigenvalue weighted by Crippen LogP contribution is 2.34. The van der Waals surface area contributed by atoms with Crippen molar-refractivity contribution in [1.29, 1.82) is 0 Å². The molecular weight excluding hydrogens is 344 g/mol. The number of methoxy groups -OCH3 is 1. The number of rotatable bonds is 13. The average Bonchev–Trinajstić information content (AvgIpc) is 2.89. The Morgan fingerprint density at radius 3 is 2.63 bits per heavy atom. The maximum atomic E-state index is 12.2. The van der Waals surface area contributed by atoms with E-state index in [1.807, 2.05) is 19.1 Å². The van der Waals surface area contributed by atoms with Gasteiger partial charge in [-0.25, -0.2) is 0 Å². The second-order valence-corrected chi connectivity index (χ2v) is 8.18. The molecule has 5 nitrogen and oxygen atoms in total. The first kappa shape index (κ1) is 23.8. The summed E-state index contributed by atoms with van der Waals surface area (Å²) in [6.07, 6.45) is 11.7. The lowest BCUT2D eigenvalue weighted by Crippen LogP contribution is -2.23. The van der Waals surface area contributed by atoms with Gasteiger partial charge in [-0.2, -0.15) is 0 Å². The van der Waals surface area contributed by atoms with Crippen LogP contribution in [-0.2, 0) is 14.3 Å². The average molecular weight is 383 g/mol. The van der Waals surface area contributed by atoms with Crippen LogP contribution in [-0.4, -0.2) is 40.8 Å². The lowest BCUT2D eigenvalue weighted by Gasteiger charge is -2.22. The fraction of sp³-hybridized carbons (Fsp3) is 0.818. The molecule has 156 valence electrons. The molecule has 0 spiro atoms. The van der Waals surface area contributed by atoms with E-state index in [-0.39, 0.29) is 30.0 Å². The summed E-state index contributed by atoms with van der Waals surface area (Å²) in [7, 11) is 1.40. The number of aliphatic hydroxyl groups is 2. The summed E-state index contributed by atoms with van der Waals surface area (Å²) in [6.45, 7) is 3.95. The van der Waals surface area contributed by atoms with Gasteiger partial charge >= 0.3 is 5.97 Å². The Morgan fingerprint density at radius 1 is 1.26 bits per heavy atom. The Bertz CT molecular complexity index is 483. The zero-order valence-corrected chi connectivity index (χ0v) is 17.3. The zero-order valence-electron chi connectivity index (χ0n) is 17.3. The normalized spacial score (nSPS) is 25.1. The van der Waals surface area contributed by atoms with Crippen LogP contribution in [0.2, 0.25) is 0 Å². The monoisotopic (exact) mass is 382 g/mol. The molecule has 0 amide bonds. The molecule has 0 heterocycles. The summed E-state index contributed by atoms with van der Waals surface area (Å²) < 4.78 is 4.62. The molecule has 0 saturated heterocycles. The third-order valence-electron chi connectivity index (χ3n) is 5.59. The second kappa shape index (κ2) is 12.3. The summed E-state index contributed by atoms with van der Waals surface area (Å²) >= 11 is 0. The van der Waals surface area contributed by atoms with Gasteiger partial charge in [-0.3, -0.25) is 9.59 Å². The van der Waals surface area contributed by atoms with Crippen LogP contribution in [0.25, 0.3) is 0 Å². The number of unbranched alkanes of at least 4 members (excludes halogenated alkanes) is 4. The van der Waals surface area contributed by atoms with Crippen molar-refractivity contribution in [3.63, 3.8) is 0 Å². The molecule has 27 heavy (non-hydrogen) atoms. The van der Waals surface area contributed by atoms with Crippen LogP contribution < -0.4 is 0 Å². The number of ether oxygens (including phenoxy) is 1. The van der Waals surface area contributed by atoms with Gasteiger partial charge in [0.05, 0.1) is 18.8 Å². The van der Waals surface area contributed by atoms with Gasteiger partial charge in [-0.15, -0.1) is 0 Å². The van der Waals surface area contributed by atoms with E-state index in [2.05, 4.69) is 11.7 Å². The lowest BCUT2D eigenvalue weighted by molar-refractivity contribution is -0.140. The largest absolute Gasteiger partial charge is 0.469 e. The van der Waals surface area contributed by atoms with Crippen molar-refractivity contribution >= 4 is 11.8 Å². The molecule has 0 unspecified atom stereocenters. The van der Waals surface area contributed by atoms with E-state index in [0.29, 0.717) is 12.8 Å². The molecule has 0 aromatic rings. The fourth-order valence-electron chi connectivity index (χ4n) is 3.82. The third-order valence-corrected chi connectivity index (χ3v) is 5.59. The number of aliphatic hydroxyl groups excluding tert-OH is 1. The maximum absolute atomic E-state index is 12.2. The predicted molar refractivity (Wildman–Crippen MR) is 106 cm³/mol. The van der Waals surface area contributed by atoms with E-state index in [0.717, 1.165) is 51.4 Å². The highest BCUT2D eigenvalue weighted by molar-refractivity contribution is 5.84. The first-order valence-electron chi connectivity index (χ1n) is 10.5. The van der Waals surface area contributed by atoms with Crippen LogP contribution in [0, 0.1) is 11.8 Å². The van der Waals surface area contributed by atoms with Crippen molar-refractivity contribution in [1.82, 2.24) is 0 Å². The Kier molecular flexibility index (Phi) is 10.9.